The van der Waals surface area contributed by atoms with Gasteiger partial charge in [0.2, 0.25) is 0 Å². The molecule has 0 unspecified atom stereocenters. The topological polar surface area (TPSA) is 69.8 Å². The molecule has 0 atom stereocenters. The third-order valence-corrected chi connectivity index (χ3v) is 4.94. The van der Waals surface area contributed by atoms with Crippen LogP contribution in [-0.2, 0) is 6.42 Å². The van der Waals surface area contributed by atoms with Gasteiger partial charge >= 0.3 is 0 Å². The fourth-order valence-corrected chi connectivity index (χ4v) is 3.64. The van der Waals surface area contributed by atoms with E-state index in [1.54, 1.807) is 12.0 Å². The lowest BCUT2D eigenvalue weighted by molar-refractivity contribution is 0.471. The molecule has 1 aliphatic carbocycles. The monoisotopic (exact) mass is 298 g/mol. The van der Waals surface area contributed by atoms with E-state index in [1.807, 2.05) is 13.0 Å². The molecule has 1 N–H and O–H groups in total. The van der Waals surface area contributed by atoms with Crippen molar-refractivity contribution in [3.05, 3.63) is 35.0 Å². The number of aromatic hydroxyl groups is 1. The van der Waals surface area contributed by atoms with Crippen molar-refractivity contribution in [3.63, 3.8) is 0 Å². The van der Waals surface area contributed by atoms with Crippen LogP contribution in [0.4, 0.5) is 0 Å². The lowest BCUT2D eigenvalue weighted by Gasteiger charge is -2.10. The molecule has 1 fully saturated rings. The summed E-state index contributed by atoms with van der Waals surface area (Å²) in [7, 11) is 0. The normalized spacial score (nSPS) is 15.2. The Hall–Kier alpha value is -1.93. The summed E-state index contributed by atoms with van der Waals surface area (Å²) < 4.78 is 4.46. The Morgan fingerprint density at radius 2 is 2.10 bits per heavy atom. The van der Waals surface area contributed by atoms with E-state index in [-0.39, 0.29) is 11.4 Å². The molecular formula is C16H16N3OS. The fraction of sp³-hybridized carbons (Fsp3) is 0.375. The van der Waals surface area contributed by atoms with Crippen molar-refractivity contribution in [1.29, 1.82) is 5.26 Å². The Labute approximate surface area is 128 Å². The summed E-state index contributed by atoms with van der Waals surface area (Å²) in [6, 6.07) is 5.21. The van der Waals surface area contributed by atoms with E-state index < -0.39 is 0 Å². The molecule has 21 heavy (non-hydrogen) atoms. The summed E-state index contributed by atoms with van der Waals surface area (Å²) in [5.74, 6) is 1.51. The summed E-state index contributed by atoms with van der Waals surface area (Å²) in [5, 5.41) is 18.6. The largest absolute Gasteiger partial charge is 0.505 e. The zero-order valence-corrected chi connectivity index (χ0v) is 12.7. The Morgan fingerprint density at radius 1 is 1.33 bits per heavy atom. The molecule has 3 rings (SSSR count). The molecule has 0 bridgehead atoms. The molecular weight excluding hydrogens is 282 g/mol. The maximum absolute atomic E-state index is 9.58. The van der Waals surface area contributed by atoms with E-state index in [4.69, 9.17) is 5.26 Å². The van der Waals surface area contributed by atoms with Crippen LogP contribution in [-0.4, -0.2) is 14.5 Å². The van der Waals surface area contributed by atoms with Crippen LogP contribution in [0.25, 0.3) is 10.6 Å². The van der Waals surface area contributed by atoms with Gasteiger partial charge < -0.3 is 5.11 Å². The number of pyridine rings is 1. The van der Waals surface area contributed by atoms with Gasteiger partial charge in [-0.2, -0.15) is 9.64 Å². The van der Waals surface area contributed by atoms with Gasteiger partial charge in [-0.3, -0.25) is 0 Å². The lowest BCUT2D eigenvalue weighted by atomic mass is 9.96. The SMILES string of the molecule is Cc1nsc(-c2ccc(O)c(C#N)n2)c1C[C]1CCCC1. The number of rotatable bonds is 3. The van der Waals surface area contributed by atoms with Crippen LogP contribution in [0.1, 0.15) is 42.6 Å². The van der Waals surface area contributed by atoms with Crippen LogP contribution < -0.4 is 0 Å². The second-order valence-electron chi connectivity index (χ2n) is 5.39. The summed E-state index contributed by atoms with van der Waals surface area (Å²) >= 11 is 1.42. The van der Waals surface area contributed by atoms with Crippen molar-refractivity contribution in [1.82, 2.24) is 9.36 Å². The first-order chi connectivity index (χ1) is 10.2. The zero-order chi connectivity index (χ0) is 14.8. The van der Waals surface area contributed by atoms with E-state index in [0.717, 1.165) is 22.7 Å². The molecule has 0 amide bonds. The molecule has 107 valence electrons. The van der Waals surface area contributed by atoms with Crippen LogP contribution in [0.5, 0.6) is 5.75 Å². The summed E-state index contributed by atoms with van der Waals surface area (Å²) in [5.41, 5.74) is 3.06. The van der Waals surface area contributed by atoms with Crippen LogP contribution in [0.3, 0.4) is 0 Å². The molecule has 4 nitrogen and oxygen atoms in total. The van der Waals surface area contributed by atoms with Crippen molar-refractivity contribution in [2.45, 2.75) is 39.0 Å². The minimum atomic E-state index is -0.0748. The highest BCUT2D eigenvalue weighted by Gasteiger charge is 2.22. The molecule has 0 spiro atoms. The number of hydrogen-bond donors (Lipinski definition) is 1. The third-order valence-electron chi connectivity index (χ3n) is 3.93. The van der Waals surface area contributed by atoms with Gasteiger partial charge in [-0.25, -0.2) is 4.98 Å². The number of aryl methyl sites for hydroxylation is 1. The highest BCUT2D eigenvalue weighted by Crippen LogP contribution is 2.36. The van der Waals surface area contributed by atoms with Gasteiger partial charge in [-0.05, 0) is 61.3 Å². The molecule has 2 heterocycles. The molecule has 2 aromatic rings. The predicted molar refractivity (Wildman–Crippen MR) is 81.9 cm³/mol. The van der Waals surface area contributed by atoms with Gasteiger partial charge in [-0.15, -0.1) is 0 Å². The second kappa shape index (κ2) is 5.82. The Kier molecular flexibility index (Phi) is 3.89. The van der Waals surface area contributed by atoms with Crippen LogP contribution in [0, 0.1) is 24.2 Å². The first-order valence-corrected chi connectivity index (χ1v) is 7.85. The van der Waals surface area contributed by atoms with E-state index in [9.17, 15) is 5.11 Å². The molecule has 0 saturated heterocycles. The molecule has 1 saturated carbocycles. The molecule has 5 heteroatoms. The van der Waals surface area contributed by atoms with Gasteiger partial charge in [0.05, 0.1) is 16.3 Å². The predicted octanol–water partition coefficient (Wildman–Crippen LogP) is 3.78. The summed E-state index contributed by atoms with van der Waals surface area (Å²) in [6.07, 6.45) is 5.96. The average Bonchev–Trinajstić information content (AvgIpc) is 3.12. The standard InChI is InChI=1S/C16H16N3OS/c1-10-12(8-11-4-2-3-5-11)16(21-19-10)13-6-7-15(20)14(9-17)18-13/h6-7,20H,2-5,8H2,1H3. The van der Waals surface area contributed by atoms with E-state index in [0.29, 0.717) is 0 Å². The second-order valence-corrected chi connectivity index (χ2v) is 6.16. The van der Waals surface area contributed by atoms with E-state index in [1.165, 1.54) is 48.8 Å². The molecule has 1 aliphatic rings. The maximum atomic E-state index is 9.58. The summed E-state index contributed by atoms with van der Waals surface area (Å²) in [4.78, 5) is 5.28. The fourth-order valence-electron chi connectivity index (χ4n) is 2.76. The van der Waals surface area contributed by atoms with Crippen molar-refractivity contribution in [2.75, 3.05) is 0 Å². The zero-order valence-electron chi connectivity index (χ0n) is 11.9. The quantitative estimate of drug-likeness (QED) is 0.936. The van der Waals surface area contributed by atoms with Crippen molar-refractivity contribution < 1.29 is 5.11 Å². The Morgan fingerprint density at radius 3 is 2.81 bits per heavy atom. The Bertz CT molecular complexity index is 696. The molecule has 0 aliphatic heterocycles. The van der Waals surface area contributed by atoms with Crippen molar-refractivity contribution in [3.8, 4) is 22.4 Å². The van der Waals surface area contributed by atoms with E-state index in [2.05, 4.69) is 9.36 Å². The van der Waals surface area contributed by atoms with Gasteiger partial charge in [-0.1, -0.05) is 12.8 Å². The van der Waals surface area contributed by atoms with Crippen LogP contribution in [0.15, 0.2) is 12.1 Å². The van der Waals surface area contributed by atoms with Gasteiger partial charge in [0.25, 0.3) is 0 Å². The highest BCUT2D eigenvalue weighted by molar-refractivity contribution is 7.09. The van der Waals surface area contributed by atoms with Crippen LogP contribution in [0.2, 0.25) is 0 Å². The van der Waals surface area contributed by atoms with Gasteiger partial charge in [0, 0.05) is 0 Å². The first-order valence-electron chi connectivity index (χ1n) is 7.08. The van der Waals surface area contributed by atoms with Gasteiger partial charge in [0.15, 0.2) is 11.4 Å². The van der Waals surface area contributed by atoms with E-state index >= 15 is 0 Å². The van der Waals surface area contributed by atoms with Crippen LogP contribution >= 0.6 is 11.5 Å². The number of aromatic nitrogens is 2. The maximum Gasteiger partial charge on any atom is 0.182 e. The Balaban J connectivity index is 1.97. The molecule has 1 radical (unpaired) electrons. The minimum Gasteiger partial charge on any atom is -0.505 e. The minimum absolute atomic E-state index is 0.0676. The number of nitrogens with zero attached hydrogens (tertiary/aromatic N) is 3. The summed E-state index contributed by atoms with van der Waals surface area (Å²) in [6.45, 7) is 2.02. The lowest BCUT2D eigenvalue weighted by Crippen LogP contribution is -1.99. The number of hydrogen-bond acceptors (Lipinski definition) is 5. The first kappa shape index (κ1) is 14.0. The average molecular weight is 298 g/mol. The highest BCUT2D eigenvalue weighted by atomic mass is 32.1. The number of nitriles is 1. The smallest absolute Gasteiger partial charge is 0.182 e. The van der Waals surface area contributed by atoms with Crippen molar-refractivity contribution in [2.24, 2.45) is 0 Å². The molecule has 0 aromatic carbocycles. The van der Waals surface area contributed by atoms with Crippen molar-refractivity contribution >= 4 is 11.5 Å². The third kappa shape index (κ3) is 2.77. The van der Waals surface area contributed by atoms with Gasteiger partial charge in [0.1, 0.15) is 6.07 Å². The molecule has 2 aromatic heterocycles.